The van der Waals surface area contributed by atoms with E-state index < -0.39 is 53.6 Å². The van der Waals surface area contributed by atoms with Gasteiger partial charge in [0.25, 0.3) is 11.8 Å². The van der Waals surface area contributed by atoms with Crippen LogP contribution in [0.3, 0.4) is 0 Å². The van der Waals surface area contributed by atoms with Crippen LogP contribution in [0.5, 0.6) is 0 Å². The maximum Gasteiger partial charge on any atom is 0.333 e. The fraction of sp³-hybridized carbons (Fsp3) is 0.298. The van der Waals surface area contributed by atoms with Crippen molar-refractivity contribution in [2.24, 2.45) is 5.73 Å². The van der Waals surface area contributed by atoms with Gasteiger partial charge in [-0.1, -0.05) is 25.0 Å². The number of terminal acetylenes is 7. The number of imide groups is 1. The maximum atomic E-state index is 10.9. The van der Waals surface area contributed by atoms with Gasteiger partial charge in [-0.2, -0.15) is 0 Å². The van der Waals surface area contributed by atoms with Gasteiger partial charge in [0.05, 0.1) is 33.9 Å². The Morgan fingerprint density at radius 1 is 0.531 bits per heavy atom. The van der Waals surface area contributed by atoms with Crippen LogP contribution in [0.1, 0.15) is 39.0 Å². The summed E-state index contributed by atoms with van der Waals surface area (Å²) in [6.07, 6.45) is 47.7. The lowest BCUT2D eigenvalue weighted by atomic mass is 10.4. The Balaban J connectivity index is -0.000000204. The van der Waals surface area contributed by atoms with E-state index in [2.05, 4.69) is 97.8 Å². The van der Waals surface area contributed by atoms with Crippen molar-refractivity contribution in [1.29, 1.82) is 0 Å². The number of ether oxygens (including phenoxy) is 8. The third kappa shape index (κ3) is 66.9. The Morgan fingerprint density at radius 3 is 1.17 bits per heavy atom. The number of rotatable bonds is 24. The fourth-order valence-corrected chi connectivity index (χ4v) is 3.14. The van der Waals surface area contributed by atoms with Crippen molar-refractivity contribution in [3.63, 3.8) is 0 Å². The van der Waals surface area contributed by atoms with Crippen molar-refractivity contribution in [1.82, 2.24) is 10.2 Å². The van der Waals surface area contributed by atoms with Crippen molar-refractivity contribution in [3.8, 4) is 86.4 Å². The molecule has 0 aliphatic carbocycles. The van der Waals surface area contributed by atoms with Gasteiger partial charge in [-0.15, -0.1) is 74.6 Å². The molecular weight excluding hydrogens is 1060 g/mol. The molecule has 0 fully saturated rings. The first-order valence-electron chi connectivity index (χ1n) is 22.5. The molecule has 81 heavy (non-hydrogen) atoms. The van der Waals surface area contributed by atoms with Crippen LogP contribution in [0.25, 0.3) is 0 Å². The summed E-state index contributed by atoms with van der Waals surface area (Å²) in [5.74, 6) is 9.66. The number of hydrogen-bond acceptors (Lipinski definition) is 21. The number of aliphatic hydroxyl groups is 1. The van der Waals surface area contributed by atoms with E-state index in [9.17, 15) is 57.5 Å². The van der Waals surface area contributed by atoms with Gasteiger partial charge < -0.3 is 54.1 Å². The third-order valence-electron chi connectivity index (χ3n) is 6.68. The molecule has 0 spiro atoms. The predicted octanol–water partition coefficient (Wildman–Crippen LogP) is 0.399. The van der Waals surface area contributed by atoms with Crippen molar-refractivity contribution in [2.75, 3.05) is 73.6 Å². The molecule has 1 aliphatic heterocycles. The van der Waals surface area contributed by atoms with Crippen LogP contribution in [-0.4, -0.2) is 155 Å². The molecule has 4 amide bonds. The Kier molecular flexibility index (Phi) is 61.6. The second-order valence-corrected chi connectivity index (χ2v) is 13.0. The molecule has 0 radical (unpaired) electrons. The lowest BCUT2D eigenvalue weighted by molar-refractivity contribution is -0.140. The summed E-state index contributed by atoms with van der Waals surface area (Å²) in [5, 5.41) is 10.7. The Morgan fingerprint density at radius 2 is 0.864 bits per heavy atom. The summed E-state index contributed by atoms with van der Waals surface area (Å²) in [6, 6.07) is 0. The van der Waals surface area contributed by atoms with Crippen molar-refractivity contribution < 1.29 is 101 Å². The second kappa shape index (κ2) is 61.4. The van der Waals surface area contributed by atoms with Crippen LogP contribution in [0.4, 0.5) is 0 Å². The molecule has 0 bridgehead atoms. The number of hydrogen-bond donors (Lipinski definition) is 3. The minimum atomic E-state index is -0.710. The number of aliphatic hydroxyl groups excluding tert-OH is 1. The molecule has 1 rings (SSSR count). The zero-order valence-corrected chi connectivity index (χ0v) is 44.8. The Hall–Kier alpha value is -11.1. The highest BCUT2D eigenvalue weighted by Gasteiger charge is 2.21. The molecule has 0 atom stereocenters. The van der Waals surface area contributed by atoms with Crippen LogP contribution in [0, 0.1) is 86.4 Å². The number of esters is 8. The molecule has 4 N–H and O–H groups in total. The number of nitrogens with zero attached hydrogens (tertiary/aromatic N) is 1. The topological polar surface area (TPSA) is 340 Å². The SMILES string of the molecule is C#CCCOC(=O)/C=C/C(=O)OC.C#CCCOC(=O)/C=C/C(=O)OCCO.C#CCCOC(=O)/C=C/C(N)=O.C#CCCOC(=O)C(=C)C.C#CCCOC(=O)C=C.C#CCN1C(=O)C=CC1=O.C#CCNC(=O)/C=C/C(=O)OC. The molecule has 432 valence electrons. The van der Waals surface area contributed by atoms with Gasteiger partial charge >= 0.3 is 47.8 Å². The van der Waals surface area contributed by atoms with Crippen LogP contribution < -0.4 is 11.1 Å². The monoisotopic (exact) mass is 1130 g/mol. The van der Waals surface area contributed by atoms with Gasteiger partial charge in [-0.3, -0.25) is 24.1 Å². The molecule has 1 heterocycles. The van der Waals surface area contributed by atoms with Crippen LogP contribution in [0.2, 0.25) is 0 Å². The first kappa shape index (κ1) is 81.3. The molecule has 0 aromatic heterocycles. The minimum Gasteiger partial charge on any atom is -0.466 e. The minimum absolute atomic E-state index is 0.0602. The van der Waals surface area contributed by atoms with Crippen LogP contribution in [-0.2, 0) is 95.4 Å². The van der Waals surface area contributed by atoms with Gasteiger partial charge in [-0.05, 0) is 6.92 Å². The van der Waals surface area contributed by atoms with Crippen molar-refractivity contribution in [3.05, 3.63) is 85.6 Å². The molecule has 24 heteroatoms. The number of carbonyl (C=O) groups is 12. The molecule has 0 aromatic carbocycles. The van der Waals surface area contributed by atoms with Gasteiger partial charge in [0.2, 0.25) is 11.8 Å². The zero-order chi connectivity index (χ0) is 63.1. The van der Waals surface area contributed by atoms with E-state index in [1.807, 2.05) is 0 Å². The average Bonchev–Trinajstić information content (AvgIpc) is 3.77. The smallest absolute Gasteiger partial charge is 0.333 e. The normalized spacial score (nSPS) is 9.77. The summed E-state index contributed by atoms with van der Waals surface area (Å²) in [5.41, 5.74) is 5.13. The highest BCUT2D eigenvalue weighted by Crippen LogP contribution is 2.01. The summed E-state index contributed by atoms with van der Waals surface area (Å²) < 4.78 is 35.9. The van der Waals surface area contributed by atoms with Crippen LogP contribution in [0.15, 0.2) is 85.6 Å². The summed E-state index contributed by atoms with van der Waals surface area (Å²) >= 11 is 0. The maximum absolute atomic E-state index is 10.9. The molecule has 0 aromatic rings. The number of nitrogens with two attached hydrogens (primary N) is 1. The van der Waals surface area contributed by atoms with Gasteiger partial charge in [0.1, 0.15) is 39.6 Å². The number of nitrogens with one attached hydrogen (secondary N) is 1. The van der Waals surface area contributed by atoms with E-state index in [-0.39, 0.29) is 77.1 Å². The van der Waals surface area contributed by atoms with E-state index in [1.165, 1.54) is 26.4 Å². The fourth-order valence-electron chi connectivity index (χ4n) is 3.14. The largest absolute Gasteiger partial charge is 0.466 e. The van der Waals surface area contributed by atoms with Crippen LogP contribution >= 0.6 is 0 Å². The standard InChI is InChI=1S/C10H12O5.C9H10O4.2C8H9NO3.C8H10O2.C7H5NO2.C7H8O2/c1-2-3-7-14-9(12)4-5-10(13)15-8-6-11;1-3-4-7-13-9(11)6-5-8(10)12-2;1-3-6-9-7(10)4-5-8(11)12-2;1-2-3-6-12-8(11)5-4-7(9)10;1-4-5-6-10-8(9)7(2)3;1-2-5-8-6(9)3-4-7(8)10;1-3-5-6-9-7(8)4-2/h1,4-5,11H,3,6-8H2;1,5-6H,4,7H2,2H3;1,4-5H,6H2,2H3,(H,9,10);1,4-5H,3,6H2,(H2,9,10);1H,2,5-6H2,3H3;1,3-4H,5H2;1,4H,2,5-6H2/b5-4+;6-5+;2*5-4+;;;. The van der Waals surface area contributed by atoms with Gasteiger partial charge in [-0.25, -0.2) is 38.4 Å². The summed E-state index contributed by atoms with van der Waals surface area (Å²) in [7, 11) is 2.45. The Bertz CT molecular complexity index is 2520. The quantitative estimate of drug-likeness (QED) is 0.0294. The van der Waals surface area contributed by atoms with Crippen molar-refractivity contribution in [2.45, 2.75) is 39.0 Å². The Labute approximate surface area is 471 Å². The third-order valence-corrected chi connectivity index (χ3v) is 6.68. The lowest BCUT2D eigenvalue weighted by Gasteiger charge is -2.07. The van der Waals surface area contributed by atoms with E-state index in [0.29, 0.717) is 37.7 Å². The summed E-state index contributed by atoms with van der Waals surface area (Å²) in [4.78, 5) is 128. The lowest BCUT2D eigenvalue weighted by Crippen LogP contribution is -2.29. The van der Waals surface area contributed by atoms with E-state index in [1.54, 1.807) is 6.92 Å². The number of amides is 4. The molecular formula is C57H63N3O21. The highest BCUT2D eigenvalue weighted by molar-refractivity contribution is 6.13. The highest BCUT2D eigenvalue weighted by atomic mass is 16.6. The van der Waals surface area contributed by atoms with Gasteiger partial charge in [0, 0.05) is 105 Å². The molecule has 24 nitrogen and oxygen atoms in total. The zero-order valence-electron chi connectivity index (χ0n) is 44.8. The van der Waals surface area contributed by atoms with Crippen molar-refractivity contribution >= 4 is 71.4 Å². The second-order valence-electron chi connectivity index (χ2n) is 13.0. The van der Waals surface area contributed by atoms with E-state index in [0.717, 1.165) is 59.6 Å². The van der Waals surface area contributed by atoms with Gasteiger partial charge in [0.15, 0.2) is 0 Å². The first-order valence-corrected chi connectivity index (χ1v) is 22.5. The predicted molar refractivity (Wildman–Crippen MR) is 291 cm³/mol. The number of primary amides is 1. The molecule has 0 saturated carbocycles. The van der Waals surface area contributed by atoms with E-state index in [4.69, 9.17) is 55.8 Å². The average molecular weight is 1130 g/mol. The summed E-state index contributed by atoms with van der Waals surface area (Å²) in [6.45, 7) is 9.04. The molecule has 0 unspecified atom stereocenters. The number of methoxy groups -OCH3 is 2. The van der Waals surface area contributed by atoms with E-state index >= 15 is 0 Å². The molecule has 1 aliphatic rings. The first-order chi connectivity index (χ1) is 38.5. The number of carbonyl (C=O) groups excluding carboxylic acids is 12. The molecule has 0 saturated heterocycles.